The summed E-state index contributed by atoms with van der Waals surface area (Å²) in [5, 5.41) is 22.4. The van der Waals surface area contributed by atoms with Gasteiger partial charge in [-0.1, -0.05) is 12.1 Å². The Labute approximate surface area is 451 Å². The van der Waals surface area contributed by atoms with E-state index in [9.17, 15) is 38.4 Å². The summed E-state index contributed by atoms with van der Waals surface area (Å²) in [4.78, 5) is 108. The zero-order valence-corrected chi connectivity index (χ0v) is 44.8. The topological polar surface area (TPSA) is 271 Å². The number of aromatic nitrogens is 4. The Morgan fingerprint density at radius 3 is 2.26 bits per heavy atom. The molecule has 9 heterocycles. The standard InChI is InChI=1S/C54H71N13O9S/c1-76-51(74)54(16-24-65(25-17-54)45(71)32-63-18-7-34(8-19-63)36-3-4-40-37(27-36)31-67(50(40)73)42-5-6-43(69)60-49(42)72)57-30-44(70)58-38-11-22-64(23-12-38)39-28-55-47(56-29-39)35-9-20-66(21-10-35)52-59-41-13-26-77(75)46(41)48(61-52)62-53(33-68)14-2-15-53/h3-4,27-29,34-35,38,42,57,68H,2,5-26,30-33H2,1H3,(H,58,70)(H,59,61,62)(H,60,69,72)/t42?,77-/m1/s1. The molecule has 0 radical (unpaired) electrons. The number of carbonyl (C=O) groups excluding carboxylic acids is 6. The molecule has 1 aliphatic carbocycles. The molecule has 2 atom stereocenters. The molecule has 77 heavy (non-hydrogen) atoms. The van der Waals surface area contributed by atoms with Gasteiger partial charge in [0.05, 0.1) is 50.4 Å². The molecule has 0 bridgehead atoms. The summed E-state index contributed by atoms with van der Waals surface area (Å²) in [5.41, 5.74) is 2.92. The average Bonchev–Trinajstić information content (AvgIpc) is 4.04. The van der Waals surface area contributed by atoms with Gasteiger partial charge in [-0.3, -0.25) is 44.3 Å². The molecule has 1 aromatic carbocycles. The number of piperidine rings is 5. The van der Waals surface area contributed by atoms with Gasteiger partial charge in [0.25, 0.3) is 5.91 Å². The molecule has 5 N–H and O–H groups in total. The molecule has 8 aliphatic rings. The van der Waals surface area contributed by atoms with Crippen LogP contribution in [0.2, 0.25) is 0 Å². The average molecular weight is 1080 g/mol. The van der Waals surface area contributed by atoms with Crippen molar-refractivity contribution in [3.8, 4) is 0 Å². The van der Waals surface area contributed by atoms with E-state index in [1.807, 2.05) is 24.5 Å². The number of nitrogens with zero attached hydrogens (tertiary/aromatic N) is 9. The Morgan fingerprint density at radius 1 is 0.870 bits per heavy atom. The maximum atomic E-state index is 13.6. The van der Waals surface area contributed by atoms with Gasteiger partial charge in [0, 0.05) is 76.2 Å². The first kappa shape index (κ1) is 53.0. The third-order valence-corrected chi connectivity index (χ3v) is 19.3. The minimum Gasteiger partial charge on any atom is -0.611 e. The third-order valence-electron chi connectivity index (χ3n) is 17.8. The fourth-order valence-corrected chi connectivity index (χ4v) is 14.1. The van der Waals surface area contributed by atoms with E-state index in [0.29, 0.717) is 73.3 Å². The first-order chi connectivity index (χ1) is 37.3. The van der Waals surface area contributed by atoms with E-state index >= 15 is 0 Å². The number of aliphatic hydroxyl groups excluding tert-OH is 1. The second-order valence-corrected chi connectivity index (χ2v) is 23.9. The maximum Gasteiger partial charge on any atom is 0.326 e. The third kappa shape index (κ3) is 11.1. The molecule has 1 saturated carbocycles. The number of aryl methyl sites for hydroxylation is 1. The van der Waals surface area contributed by atoms with E-state index in [1.165, 1.54) is 7.11 Å². The number of ether oxygens (including phenoxy) is 1. The molecule has 6 fully saturated rings. The van der Waals surface area contributed by atoms with Crippen LogP contribution in [0.1, 0.15) is 128 Å². The number of nitrogens with one attached hydrogen (secondary N) is 4. The molecule has 5 saturated heterocycles. The molecular formula is C54H71N13O9S. The number of anilines is 3. The van der Waals surface area contributed by atoms with E-state index in [-0.39, 0.29) is 67.6 Å². The van der Waals surface area contributed by atoms with Gasteiger partial charge >= 0.3 is 5.97 Å². The number of hydrogen-bond acceptors (Lipinski definition) is 18. The van der Waals surface area contributed by atoms with Crippen LogP contribution in [0.4, 0.5) is 17.5 Å². The number of esters is 1. The molecule has 11 rings (SSSR count). The van der Waals surface area contributed by atoms with Crippen LogP contribution < -0.4 is 31.1 Å². The fraction of sp³-hybridized carbons (Fsp3) is 0.630. The highest BCUT2D eigenvalue weighted by molar-refractivity contribution is 7.91. The monoisotopic (exact) mass is 1080 g/mol. The van der Waals surface area contributed by atoms with Gasteiger partial charge in [-0.25, -0.2) is 15.0 Å². The van der Waals surface area contributed by atoms with Gasteiger partial charge in [-0.2, -0.15) is 4.98 Å². The molecular weight excluding hydrogens is 1010 g/mol. The molecule has 22 nitrogen and oxygen atoms in total. The summed E-state index contributed by atoms with van der Waals surface area (Å²) in [5.74, 6) is 1.52. The zero-order valence-electron chi connectivity index (χ0n) is 43.9. The van der Waals surface area contributed by atoms with E-state index < -0.39 is 40.2 Å². The van der Waals surface area contributed by atoms with E-state index in [0.717, 1.165) is 125 Å². The first-order valence-electron chi connectivity index (χ1n) is 27.7. The van der Waals surface area contributed by atoms with E-state index in [1.54, 1.807) is 9.80 Å². The lowest BCUT2D eigenvalue weighted by molar-refractivity contribution is -0.153. The summed E-state index contributed by atoms with van der Waals surface area (Å²) in [6.07, 6.45) is 13.3. The lowest BCUT2D eigenvalue weighted by Crippen LogP contribution is -2.62. The Morgan fingerprint density at radius 2 is 1.58 bits per heavy atom. The SMILES string of the molecule is COC(=O)C1(NCC(=O)NC2CCN(c3cnc(C4CCN(c5nc6c(c(NC7(CO)CCC7)n5)[S@+]([O-])CC6)CC4)nc3)CC2)CCN(C(=O)CN2CCC(c3ccc4c(c3)CN(C3CCC(=O)NC3=O)C4=O)CC2)CC1. The molecule has 7 aliphatic heterocycles. The summed E-state index contributed by atoms with van der Waals surface area (Å²) >= 11 is -1.15. The van der Waals surface area contributed by atoms with Crippen molar-refractivity contribution < 1.29 is 43.2 Å². The van der Waals surface area contributed by atoms with Crippen LogP contribution in [-0.4, -0.2) is 188 Å². The highest BCUT2D eigenvalue weighted by atomic mass is 32.2. The minimum absolute atomic E-state index is 0.00299. The van der Waals surface area contributed by atoms with Gasteiger partial charge in [0.15, 0.2) is 5.82 Å². The van der Waals surface area contributed by atoms with Crippen LogP contribution in [0.3, 0.4) is 0 Å². The molecule has 0 spiro atoms. The number of fused-ring (bicyclic) bond motifs is 2. The Balaban J connectivity index is 0.594. The van der Waals surface area contributed by atoms with Crippen LogP contribution in [-0.2, 0) is 52.9 Å². The predicted molar refractivity (Wildman–Crippen MR) is 283 cm³/mol. The number of methoxy groups -OCH3 is 1. The normalized spacial score (nSPS) is 24.0. The van der Waals surface area contributed by atoms with Crippen molar-refractivity contribution >= 4 is 64.1 Å². The fourth-order valence-electron chi connectivity index (χ4n) is 12.8. The Bertz CT molecular complexity index is 2730. The number of hydrogen-bond donors (Lipinski definition) is 5. The number of carbonyl (C=O) groups is 6. The van der Waals surface area contributed by atoms with Crippen LogP contribution in [0.25, 0.3) is 0 Å². The van der Waals surface area contributed by atoms with E-state index in [2.05, 4.69) is 42.0 Å². The van der Waals surface area contributed by atoms with Crippen molar-refractivity contribution in [3.05, 3.63) is 58.8 Å². The van der Waals surface area contributed by atoms with Crippen molar-refractivity contribution in [1.82, 2.24) is 50.6 Å². The van der Waals surface area contributed by atoms with E-state index in [4.69, 9.17) is 24.7 Å². The number of amides is 5. The van der Waals surface area contributed by atoms with Crippen LogP contribution >= 0.6 is 0 Å². The lowest BCUT2D eigenvalue weighted by Gasteiger charge is -2.41. The molecule has 2 aromatic heterocycles. The molecule has 23 heteroatoms. The Kier molecular flexibility index (Phi) is 15.4. The number of imide groups is 1. The smallest absolute Gasteiger partial charge is 0.326 e. The van der Waals surface area contributed by atoms with Crippen molar-refractivity contribution in [2.24, 2.45) is 0 Å². The Hall–Kier alpha value is -6.01. The van der Waals surface area contributed by atoms with Crippen molar-refractivity contribution in [1.29, 1.82) is 0 Å². The minimum atomic E-state index is -1.15. The largest absolute Gasteiger partial charge is 0.611 e. The summed E-state index contributed by atoms with van der Waals surface area (Å²) < 4.78 is 18.1. The van der Waals surface area contributed by atoms with Gasteiger partial charge in [0.1, 0.15) is 28.9 Å². The molecule has 1 unspecified atom stereocenters. The molecule has 3 aromatic rings. The second kappa shape index (κ2) is 22.4. The highest BCUT2D eigenvalue weighted by Gasteiger charge is 2.45. The first-order valence-corrected chi connectivity index (χ1v) is 29.0. The summed E-state index contributed by atoms with van der Waals surface area (Å²) in [6, 6.07) is 5.25. The highest BCUT2D eigenvalue weighted by Crippen LogP contribution is 2.40. The number of likely N-dealkylation sites (tertiary alicyclic amines) is 2. The van der Waals surface area contributed by atoms with Crippen LogP contribution in [0, 0.1) is 0 Å². The van der Waals surface area contributed by atoms with Crippen molar-refractivity contribution in [3.63, 3.8) is 0 Å². The second-order valence-electron chi connectivity index (χ2n) is 22.4. The summed E-state index contributed by atoms with van der Waals surface area (Å²) in [6.45, 7) is 5.70. The zero-order chi connectivity index (χ0) is 53.4. The molecule has 412 valence electrons. The van der Waals surface area contributed by atoms with Gasteiger partial charge in [-0.05, 0) is 124 Å². The quantitative estimate of drug-likeness (QED) is 0.0820. The molecule has 5 amide bonds. The van der Waals surface area contributed by atoms with Gasteiger partial charge in [0.2, 0.25) is 34.5 Å². The lowest BCUT2D eigenvalue weighted by atomic mass is 9.77. The maximum absolute atomic E-state index is 13.6. The number of rotatable bonds is 15. The van der Waals surface area contributed by atoms with Gasteiger partial charge < -0.3 is 44.6 Å². The van der Waals surface area contributed by atoms with Crippen LogP contribution in [0.5, 0.6) is 0 Å². The predicted octanol–water partition coefficient (Wildman–Crippen LogP) is 1.49. The summed E-state index contributed by atoms with van der Waals surface area (Å²) in [7, 11) is 1.35. The number of aliphatic hydroxyl groups is 1. The van der Waals surface area contributed by atoms with Crippen molar-refractivity contribution in [2.45, 2.75) is 136 Å². The van der Waals surface area contributed by atoms with Crippen molar-refractivity contribution in [2.75, 3.05) is 100 Å². The van der Waals surface area contributed by atoms with Gasteiger partial charge in [-0.15, -0.1) is 0 Å². The number of benzene rings is 1. The van der Waals surface area contributed by atoms with Crippen LogP contribution in [0.15, 0.2) is 35.5 Å².